The molecule has 0 bridgehead atoms. The van der Waals surface area contributed by atoms with Crippen LogP contribution in [0.25, 0.3) is 0 Å². The summed E-state index contributed by atoms with van der Waals surface area (Å²) in [5, 5.41) is 2.87. The summed E-state index contributed by atoms with van der Waals surface area (Å²) in [6.45, 7) is 3.28. The second-order valence-corrected chi connectivity index (χ2v) is 3.75. The van der Waals surface area contributed by atoms with Gasteiger partial charge in [0.25, 0.3) is 0 Å². The number of carbonyl (C=O) groups is 3. The molecule has 0 aromatic heterocycles. The Morgan fingerprint density at radius 1 is 1.50 bits per heavy atom. The highest BCUT2D eigenvalue weighted by Gasteiger charge is 2.27. The normalized spacial score (nSPS) is 14.5. The van der Waals surface area contributed by atoms with Crippen LogP contribution in [0.15, 0.2) is 0 Å². The number of rotatable bonds is 7. The molecule has 7 nitrogen and oxygen atoms in total. The van der Waals surface area contributed by atoms with Crippen molar-refractivity contribution >= 4 is 18.0 Å². The number of esters is 1. The van der Waals surface area contributed by atoms with Gasteiger partial charge in [0.2, 0.25) is 5.91 Å². The van der Waals surface area contributed by atoms with E-state index in [0.717, 1.165) is 4.90 Å². The third-order valence-electron chi connectivity index (χ3n) is 2.38. The fourth-order valence-electron chi connectivity index (χ4n) is 1.50. The highest BCUT2D eigenvalue weighted by atomic mass is 16.6. The maximum atomic E-state index is 11.5. The highest BCUT2D eigenvalue weighted by Crippen LogP contribution is 2.02. The van der Waals surface area contributed by atoms with Crippen molar-refractivity contribution in [2.75, 3.05) is 32.8 Å². The largest absolute Gasteiger partial charge is 0.466 e. The minimum Gasteiger partial charge on any atom is -0.466 e. The zero-order valence-corrected chi connectivity index (χ0v) is 10.4. The van der Waals surface area contributed by atoms with Crippen LogP contribution in [-0.4, -0.2) is 55.7 Å². The number of imide groups is 1. The summed E-state index contributed by atoms with van der Waals surface area (Å²) in [6.07, 6.45) is 0.325. The molecule has 1 saturated heterocycles. The van der Waals surface area contributed by atoms with Gasteiger partial charge >= 0.3 is 12.1 Å². The predicted octanol–water partition coefficient (Wildman–Crippen LogP) is -0.102. The van der Waals surface area contributed by atoms with Crippen molar-refractivity contribution in [1.82, 2.24) is 10.2 Å². The van der Waals surface area contributed by atoms with Crippen molar-refractivity contribution in [3.63, 3.8) is 0 Å². The molecule has 0 aliphatic carbocycles. The van der Waals surface area contributed by atoms with Gasteiger partial charge in [0, 0.05) is 6.42 Å². The molecule has 0 atom stereocenters. The van der Waals surface area contributed by atoms with Crippen LogP contribution in [0.5, 0.6) is 0 Å². The molecule has 0 saturated carbocycles. The van der Waals surface area contributed by atoms with Crippen LogP contribution in [-0.2, 0) is 19.1 Å². The van der Waals surface area contributed by atoms with Crippen molar-refractivity contribution in [1.29, 1.82) is 0 Å². The number of ether oxygens (including phenoxy) is 2. The number of carbonyl (C=O) groups excluding carboxylic acids is 3. The van der Waals surface area contributed by atoms with Gasteiger partial charge in [-0.3, -0.25) is 9.59 Å². The summed E-state index contributed by atoms with van der Waals surface area (Å²) in [4.78, 5) is 34.7. The van der Waals surface area contributed by atoms with E-state index in [4.69, 9.17) is 4.74 Å². The topological polar surface area (TPSA) is 84.9 Å². The molecule has 1 N–H and O–H groups in total. The minimum atomic E-state index is -0.590. The molecule has 0 unspecified atom stereocenters. The number of nitrogens with one attached hydrogen (secondary N) is 1. The molecule has 1 heterocycles. The molecule has 1 fully saturated rings. The first kappa shape index (κ1) is 14.4. The van der Waals surface area contributed by atoms with E-state index in [9.17, 15) is 14.4 Å². The Morgan fingerprint density at radius 2 is 2.28 bits per heavy atom. The van der Waals surface area contributed by atoms with E-state index in [-0.39, 0.29) is 25.0 Å². The Labute approximate surface area is 105 Å². The third kappa shape index (κ3) is 4.70. The van der Waals surface area contributed by atoms with Crippen LogP contribution in [0.2, 0.25) is 0 Å². The van der Waals surface area contributed by atoms with Crippen LogP contribution in [0.4, 0.5) is 4.79 Å². The first-order valence-corrected chi connectivity index (χ1v) is 5.98. The van der Waals surface area contributed by atoms with Gasteiger partial charge in [-0.1, -0.05) is 0 Å². The first-order valence-electron chi connectivity index (χ1n) is 5.98. The van der Waals surface area contributed by atoms with Gasteiger partial charge in [-0.05, 0) is 19.9 Å². The zero-order chi connectivity index (χ0) is 13.4. The molecule has 0 aromatic carbocycles. The van der Waals surface area contributed by atoms with Crippen LogP contribution < -0.4 is 5.32 Å². The van der Waals surface area contributed by atoms with E-state index in [1.54, 1.807) is 6.92 Å². The average Bonchev–Trinajstić information content (AvgIpc) is 2.75. The molecular formula is C11H18N2O5. The van der Waals surface area contributed by atoms with Crippen LogP contribution >= 0.6 is 0 Å². The number of hydrogen-bond donors (Lipinski definition) is 1. The molecule has 1 rings (SSSR count). The minimum absolute atomic E-state index is 0.0674. The SMILES string of the molecule is CCOC(=O)CCCNCC(=O)N1CCOC1=O. The van der Waals surface area contributed by atoms with Gasteiger partial charge in [-0.25, -0.2) is 9.69 Å². The molecule has 0 radical (unpaired) electrons. The fraction of sp³-hybridized carbons (Fsp3) is 0.727. The Balaban J connectivity index is 2.05. The number of cyclic esters (lactones) is 1. The number of nitrogens with zero attached hydrogens (tertiary/aromatic N) is 1. The Hall–Kier alpha value is -1.63. The Kier molecular flexibility index (Phi) is 6.13. The molecule has 2 amide bonds. The predicted molar refractivity (Wildman–Crippen MR) is 61.8 cm³/mol. The van der Waals surface area contributed by atoms with E-state index in [1.165, 1.54) is 0 Å². The first-order chi connectivity index (χ1) is 8.65. The summed E-state index contributed by atoms with van der Waals surface area (Å²) in [7, 11) is 0. The lowest BCUT2D eigenvalue weighted by Gasteiger charge is -2.11. The van der Waals surface area contributed by atoms with Crippen LogP contribution in [0.3, 0.4) is 0 Å². The van der Waals surface area contributed by atoms with Gasteiger partial charge in [-0.2, -0.15) is 0 Å². The molecule has 0 aromatic rings. The van der Waals surface area contributed by atoms with Gasteiger partial charge in [0.05, 0.1) is 19.7 Å². The third-order valence-corrected chi connectivity index (χ3v) is 2.38. The maximum absolute atomic E-state index is 11.5. The molecular weight excluding hydrogens is 240 g/mol. The molecule has 1 aliphatic rings. The molecule has 102 valence electrons. The van der Waals surface area contributed by atoms with E-state index in [1.807, 2.05) is 0 Å². The molecule has 18 heavy (non-hydrogen) atoms. The van der Waals surface area contributed by atoms with E-state index >= 15 is 0 Å². The maximum Gasteiger partial charge on any atom is 0.416 e. The lowest BCUT2D eigenvalue weighted by molar-refractivity contribution is -0.143. The summed E-state index contributed by atoms with van der Waals surface area (Å²) >= 11 is 0. The van der Waals surface area contributed by atoms with Crippen molar-refractivity contribution < 1.29 is 23.9 Å². The van der Waals surface area contributed by atoms with Crippen molar-refractivity contribution in [3.8, 4) is 0 Å². The summed E-state index contributed by atoms with van der Waals surface area (Å²) in [5.41, 5.74) is 0. The van der Waals surface area contributed by atoms with Crippen molar-refractivity contribution in [3.05, 3.63) is 0 Å². The second kappa shape index (κ2) is 7.65. The van der Waals surface area contributed by atoms with E-state index in [2.05, 4.69) is 10.1 Å². The van der Waals surface area contributed by atoms with Crippen LogP contribution in [0.1, 0.15) is 19.8 Å². The monoisotopic (exact) mass is 258 g/mol. The van der Waals surface area contributed by atoms with Crippen LogP contribution in [0, 0.1) is 0 Å². The highest BCUT2D eigenvalue weighted by molar-refractivity contribution is 5.93. The summed E-state index contributed by atoms with van der Waals surface area (Å²) in [6, 6.07) is 0. The van der Waals surface area contributed by atoms with Gasteiger partial charge in [0.1, 0.15) is 6.61 Å². The Morgan fingerprint density at radius 3 is 2.89 bits per heavy atom. The van der Waals surface area contributed by atoms with E-state index in [0.29, 0.717) is 32.5 Å². The van der Waals surface area contributed by atoms with Gasteiger partial charge in [-0.15, -0.1) is 0 Å². The zero-order valence-electron chi connectivity index (χ0n) is 10.4. The van der Waals surface area contributed by atoms with Gasteiger partial charge < -0.3 is 14.8 Å². The van der Waals surface area contributed by atoms with Crippen molar-refractivity contribution in [2.24, 2.45) is 0 Å². The lowest BCUT2D eigenvalue weighted by atomic mass is 10.3. The molecule has 1 aliphatic heterocycles. The standard InChI is InChI=1S/C11H18N2O5/c1-2-17-10(15)4-3-5-12-8-9(14)13-6-7-18-11(13)16/h12H,2-8H2,1H3. The van der Waals surface area contributed by atoms with Crippen molar-refractivity contribution in [2.45, 2.75) is 19.8 Å². The summed E-state index contributed by atoms with van der Waals surface area (Å²) in [5.74, 6) is -0.553. The van der Waals surface area contributed by atoms with Gasteiger partial charge in [0.15, 0.2) is 0 Å². The van der Waals surface area contributed by atoms with E-state index < -0.39 is 6.09 Å². The quantitative estimate of drug-likeness (QED) is 0.507. The summed E-state index contributed by atoms with van der Waals surface area (Å²) < 4.78 is 9.41. The molecule has 0 spiro atoms. The Bertz CT molecular complexity index is 319. The fourth-order valence-corrected chi connectivity index (χ4v) is 1.50. The number of hydrogen-bond acceptors (Lipinski definition) is 6. The molecule has 7 heteroatoms. The lowest BCUT2D eigenvalue weighted by Crippen LogP contribution is -2.39. The number of amides is 2. The smallest absolute Gasteiger partial charge is 0.416 e. The average molecular weight is 258 g/mol. The second-order valence-electron chi connectivity index (χ2n) is 3.75.